The van der Waals surface area contributed by atoms with Gasteiger partial charge in [-0.05, 0) is 25.5 Å². The Balaban J connectivity index is 0.000000631. The van der Waals surface area contributed by atoms with Gasteiger partial charge in [0.2, 0.25) is 0 Å². The summed E-state index contributed by atoms with van der Waals surface area (Å²) in [4.78, 5) is 0. The fourth-order valence-corrected chi connectivity index (χ4v) is 4.37. The van der Waals surface area contributed by atoms with Crippen molar-refractivity contribution in [2.24, 2.45) is 5.73 Å². The van der Waals surface area contributed by atoms with Crippen molar-refractivity contribution in [1.29, 1.82) is 0 Å². The Bertz CT molecular complexity index is 762. The van der Waals surface area contributed by atoms with Crippen LogP contribution in [0.1, 0.15) is 76.0 Å². The number of likely N-dealkylation sites (N-methyl/N-ethyl adjacent to an activating group) is 1. The molecule has 2 nitrogen and oxygen atoms in total. The molecule has 1 aromatic rings. The van der Waals surface area contributed by atoms with E-state index >= 15 is 0 Å². The van der Waals surface area contributed by atoms with Gasteiger partial charge in [-0.3, -0.25) is 0 Å². The summed E-state index contributed by atoms with van der Waals surface area (Å²) in [5.41, 5.74) is 7.75. The molecule has 2 N–H and O–H groups in total. The maximum Gasteiger partial charge on any atom is 0.370 e. The Hall–Kier alpha value is -0.958. The van der Waals surface area contributed by atoms with Gasteiger partial charge in [-0.1, -0.05) is 62.3 Å². The number of benzene rings is 1. The molecule has 0 spiro atoms. The molecule has 2 aliphatic rings. The first-order chi connectivity index (χ1) is 14.6. The number of quaternary nitrogens is 1. The van der Waals surface area contributed by atoms with Crippen molar-refractivity contribution in [3.05, 3.63) is 71.0 Å². The van der Waals surface area contributed by atoms with Crippen LogP contribution in [0.15, 0.2) is 53.8 Å². The van der Waals surface area contributed by atoms with Crippen LogP contribution in [0.5, 0.6) is 0 Å². The van der Waals surface area contributed by atoms with E-state index in [0.717, 1.165) is 41.9 Å². The van der Waals surface area contributed by atoms with Crippen LogP contribution in [0.4, 0.5) is 13.2 Å². The molecule has 3 rings (SSSR count). The van der Waals surface area contributed by atoms with Crippen LogP contribution < -0.4 is 5.73 Å². The number of hydrogen-bond acceptors (Lipinski definition) is 1. The van der Waals surface area contributed by atoms with Crippen molar-refractivity contribution in [1.82, 2.24) is 0 Å². The molecule has 1 aliphatic heterocycles. The third-order valence-electron chi connectivity index (χ3n) is 6.15. The molecule has 0 amide bonds. The quantitative estimate of drug-likeness (QED) is 0.269. The molecule has 0 radical (unpaired) electrons. The summed E-state index contributed by atoms with van der Waals surface area (Å²) in [5.74, 6) is 0. The normalized spacial score (nSPS) is 26.9. The first-order valence-corrected chi connectivity index (χ1v) is 11.3. The molecule has 1 aromatic carbocycles. The number of alkyl halides is 3. The van der Waals surface area contributed by atoms with Gasteiger partial charge >= 0.3 is 6.18 Å². The third-order valence-corrected chi connectivity index (χ3v) is 6.15. The van der Waals surface area contributed by atoms with Crippen molar-refractivity contribution in [3.8, 4) is 0 Å². The summed E-state index contributed by atoms with van der Waals surface area (Å²) >= 11 is 0. The predicted molar refractivity (Wildman–Crippen MR) is 122 cm³/mol. The molecular formula is C26H37F3N2U. The van der Waals surface area contributed by atoms with Gasteiger partial charge < -0.3 is 10.2 Å². The van der Waals surface area contributed by atoms with Gasteiger partial charge in [0.05, 0.1) is 20.1 Å². The monoisotopic (exact) mass is 672 g/mol. The Morgan fingerprint density at radius 2 is 1.75 bits per heavy atom. The van der Waals surface area contributed by atoms with E-state index in [1.165, 1.54) is 38.5 Å². The first-order valence-electron chi connectivity index (χ1n) is 11.3. The predicted octanol–water partition coefficient (Wildman–Crippen LogP) is 7.10. The second kappa shape index (κ2) is 13.7. The Kier molecular flexibility index (Phi) is 12.4. The van der Waals surface area contributed by atoms with Crippen LogP contribution >= 0.6 is 0 Å². The van der Waals surface area contributed by atoms with Gasteiger partial charge in [0.1, 0.15) is 6.04 Å². The zero-order valence-electron chi connectivity index (χ0n) is 19.6. The Morgan fingerprint density at radius 1 is 1.16 bits per heavy atom. The molecule has 1 fully saturated rings. The molecule has 1 saturated carbocycles. The molecule has 32 heavy (non-hydrogen) atoms. The largest absolute Gasteiger partial charge is 0.402 e. The van der Waals surface area contributed by atoms with E-state index in [2.05, 4.69) is 19.2 Å². The van der Waals surface area contributed by atoms with Crippen molar-refractivity contribution in [2.75, 3.05) is 20.1 Å². The molecule has 1 aliphatic carbocycles. The minimum Gasteiger partial charge on any atom is -0.402 e. The molecule has 0 aromatic heterocycles. The average Bonchev–Trinajstić information content (AvgIpc) is 2.73. The summed E-state index contributed by atoms with van der Waals surface area (Å²) in [6.45, 7) is 5.44. The van der Waals surface area contributed by atoms with Gasteiger partial charge in [-0.15, -0.1) is 5.56 Å². The summed E-state index contributed by atoms with van der Waals surface area (Å²) < 4.78 is 39.2. The summed E-state index contributed by atoms with van der Waals surface area (Å²) in [6, 6.07) is 6.55. The van der Waals surface area contributed by atoms with Gasteiger partial charge in [0, 0.05) is 43.2 Å². The van der Waals surface area contributed by atoms with Crippen LogP contribution in [-0.4, -0.2) is 24.6 Å². The fraction of sp³-hybridized carbons (Fsp3) is 0.538. The van der Waals surface area contributed by atoms with E-state index in [9.17, 15) is 13.2 Å². The molecular weight excluding hydrogens is 635 g/mol. The van der Waals surface area contributed by atoms with E-state index in [0.29, 0.717) is 11.0 Å². The molecule has 1 heterocycles. The third kappa shape index (κ3) is 9.12. The fourth-order valence-electron chi connectivity index (χ4n) is 4.37. The molecule has 6 heteroatoms. The maximum atomic E-state index is 12.9. The summed E-state index contributed by atoms with van der Waals surface area (Å²) in [7, 11) is 2.12. The SMILES string of the molecule is C/C(N)=C\C[N+]1(C)CC/C=C\C=C(/C)C1c1[c-]cc(C(F)(F)F)cc1.C1CCCCC1.[U]. The molecule has 176 valence electrons. The number of hydrogen-bond donors (Lipinski definition) is 1. The number of rotatable bonds is 3. The summed E-state index contributed by atoms with van der Waals surface area (Å²) in [6.07, 6.45) is 13.7. The second-order valence-corrected chi connectivity index (χ2v) is 9.02. The number of allylic oxidation sites excluding steroid dienone is 3. The zero-order valence-corrected chi connectivity index (χ0v) is 23.8. The minimum absolute atomic E-state index is 0. The second-order valence-electron chi connectivity index (χ2n) is 9.02. The van der Waals surface area contributed by atoms with E-state index in [1.807, 2.05) is 32.1 Å². The molecule has 0 saturated heterocycles. The Labute approximate surface area is 215 Å². The standard InChI is InChI=1S/C20H25F3N2.C6H12.U/c1-15-7-5-4-6-13-25(3,14-12-16(2)24)19(15)17-8-10-18(11-9-17)20(21,22)23;1-2-4-6-5-3-1;/h4-5,7-8,10-12,19H,6,13-14,24H2,1-3H3;1-6H2;/b5-4-,15-7+,16-12+;;. The minimum atomic E-state index is -4.35. The number of nitrogens with zero attached hydrogens (tertiary/aromatic N) is 1. The average molecular weight is 673 g/mol. The van der Waals surface area contributed by atoms with Crippen molar-refractivity contribution >= 4 is 0 Å². The maximum absolute atomic E-state index is 12.9. The van der Waals surface area contributed by atoms with Gasteiger partial charge in [-0.2, -0.15) is 37.4 Å². The van der Waals surface area contributed by atoms with Crippen LogP contribution in [0, 0.1) is 37.2 Å². The van der Waals surface area contributed by atoms with Gasteiger partial charge in [0.25, 0.3) is 0 Å². The Morgan fingerprint density at radius 3 is 2.22 bits per heavy atom. The van der Waals surface area contributed by atoms with Crippen LogP contribution in [0.3, 0.4) is 0 Å². The van der Waals surface area contributed by atoms with E-state index < -0.39 is 11.7 Å². The van der Waals surface area contributed by atoms with Crippen molar-refractivity contribution in [2.45, 2.75) is 71.0 Å². The van der Waals surface area contributed by atoms with Crippen molar-refractivity contribution < 1.29 is 48.8 Å². The van der Waals surface area contributed by atoms with E-state index in [4.69, 9.17) is 5.73 Å². The molecule has 2 unspecified atom stereocenters. The zero-order chi connectivity index (χ0) is 22.9. The first kappa shape index (κ1) is 29.1. The van der Waals surface area contributed by atoms with Gasteiger partial charge in [-0.25, -0.2) is 0 Å². The van der Waals surface area contributed by atoms with E-state index in [-0.39, 0.29) is 37.2 Å². The topological polar surface area (TPSA) is 26.0 Å². The van der Waals surface area contributed by atoms with Gasteiger partial charge in [0.15, 0.2) is 0 Å². The molecule has 2 atom stereocenters. The van der Waals surface area contributed by atoms with Crippen LogP contribution in [-0.2, 0) is 6.18 Å². The molecule has 0 bridgehead atoms. The van der Waals surface area contributed by atoms with Crippen molar-refractivity contribution in [3.63, 3.8) is 0 Å². The number of nitrogens with two attached hydrogens (primary N) is 1. The van der Waals surface area contributed by atoms with Crippen LogP contribution in [0.25, 0.3) is 0 Å². The smallest absolute Gasteiger partial charge is 0.370 e. The van der Waals surface area contributed by atoms with E-state index in [1.54, 1.807) is 6.07 Å². The number of halogens is 3. The van der Waals surface area contributed by atoms with Crippen LogP contribution in [0.2, 0.25) is 0 Å². The summed E-state index contributed by atoms with van der Waals surface area (Å²) in [5, 5.41) is 0.